The number of ether oxygens (including phenoxy) is 2. The highest BCUT2D eigenvalue weighted by atomic mass is 35.5. The van der Waals surface area contributed by atoms with E-state index in [-0.39, 0.29) is 0 Å². The number of hydrogen-bond acceptors (Lipinski definition) is 5. The predicted molar refractivity (Wildman–Crippen MR) is 114 cm³/mol. The van der Waals surface area contributed by atoms with E-state index in [1.54, 1.807) is 11.8 Å². The van der Waals surface area contributed by atoms with Gasteiger partial charge in [0.1, 0.15) is 5.82 Å². The number of rotatable bonds is 6. The first-order valence-corrected chi connectivity index (χ1v) is 11.3. The van der Waals surface area contributed by atoms with Gasteiger partial charge in [-0.2, -0.15) is 0 Å². The second-order valence-electron chi connectivity index (χ2n) is 7.43. The molecule has 5 nitrogen and oxygen atoms in total. The zero-order valence-corrected chi connectivity index (χ0v) is 17.6. The number of thioether (sulfide) groups is 1. The lowest BCUT2D eigenvalue weighted by atomic mass is 10.2. The average molecular weight is 428 g/mol. The van der Waals surface area contributed by atoms with Crippen LogP contribution in [0.5, 0.6) is 11.5 Å². The van der Waals surface area contributed by atoms with Crippen LogP contribution in [0.15, 0.2) is 47.6 Å². The molecule has 0 unspecified atom stereocenters. The average Bonchev–Trinajstić information content (AvgIpc) is 3.53. The van der Waals surface area contributed by atoms with Crippen LogP contribution in [-0.4, -0.2) is 28.0 Å². The van der Waals surface area contributed by atoms with Crippen molar-refractivity contribution in [3.8, 4) is 11.5 Å². The van der Waals surface area contributed by atoms with Gasteiger partial charge in [-0.3, -0.25) is 0 Å². The smallest absolute Gasteiger partial charge is 0.191 e. The van der Waals surface area contributed by atoms with Crippen LogP contribution in [0.4, 0.5) is 0 Å². The number of halogens is 1. The quantitative estimate of drug-likeness (QED) is 0.499. The summed E-state index contributed by atoms with van der Waals surface area (Å²) < 4.78 is 13.8. The molecule has 3 aromatic rings. The molecule has 0 radical (unpaired) electrons. The third-order valence-electron chi connectivity index (χ3n) is 5.10. The van der Waals surface area contributed by atoms with E-state index >= 15 is 0 Å². The van der Waals surface area contributed by atoms with Crippen molar-refractivity contribution in [2.24, 2.45) is 0 Å². The largest absolute Gasteiger partial charge is 0.489 e. The molecule has 7 heteroatoms. The van der Waals surface area contributed by atoms with Gasteiger partial charge in [0.25, 0.3) is 0 Å². The van der Waals surface area contributed by atoms with Gasteiger partial charge in [0.15, 0.2) is 16.7 Å². The Morgan fingerprint density at radius 1 is 1.03 bits per heavy atom. The summed E-state index contributed by atoms with van der Waals surface area (Å²) >= 11 is 8.13. The van der Waals surface area contributed by atoms with Gasteiger partial charge in [0.05, 0.1) is 24.8 Å². The first-order valence-electron chi connectivity index (χ1n) is 9.96. The molecule has 2 heterocycles. The van der Waals surface area contributed by atoms with Crippen LogP contribution in [0.1, 0.15) is 42.1 Å². The van der Waals surface area contributed by atoms with Crippen LogP contribution < -0.4 is 9.47 Å². The van der Waals surface area contributed by atoms with Crippen molar-refractivity contribution in [3.05, 3.63) is 64.4 Å². The zero-order valence-electron chi connectivity index (χ0n) is 16.0. The van der Waals surface area contributed by atoms with Crippen molar-refractivity contribution in [2.45, 2.75) is 42.6 Å². The lowest BCUT2D eigenvalue weighted by Gasteiger charge is -2.12. The van der Waals surface area contributed by atoms with E-state index in [2.05, 4.69) is 39.0 Å². The van der Waals surface area contributed by atoms with Gasteiger partial charge in [-0.05, 0) is 36.1 Å². The van der Waals surface area contributed by atoms with Gasteiger partial charge < -0.3 is 14.0 Å². The summed E-state index contributed by atoms with van der Waals surface area (Å²) in [4.78, 5) is 0. The Hall–Kier alpha value is -2.18. The van der Waals surface area contributed by atoms with Crippen molar-refractivity contribution >= 4 is 23.4 Å². The van der Waals surface area contributed by atoms with Crippen LogP contribution in [0.2, 0.25) is 5.02 Å². The van der Waals surface area contributed by atoms with Gasteiger partial charge >= 0.3 is 0 Å². The first kappa shape index (κ1) is 18.8. The fourth-order valence-electron chi connectivity index (χ4n) is 3.48. The molecular weight excluding hydrogens is 406 g/mol. The van der Waals surface area contributed by atoms with Gasteiger partial charge in [-0.1, -0.05) is 53.7 Å². The molecule has 0 bridgehead atoms. The predicted octanol–water partition coefficient (Wildman–Crippen LogP) is 5.31. The molecular formula is C22H22ClN3O2S. The maximum atomic E-state index is 6.45. The van der Waals surface area contributed by atoms with Crippen molar-refractivity contribution in [2.75, 3.05) is 13.2 Å². The van der Waals surface area contributed by atoms with Crippen LogP contribution in [-0.2, 0) is 12.3 Å². The summed E-state index contributed by atoms with van der Waals surface area (Å²) in [7, 11) is 0. The van der Waals surface area contributed by atoms with E-state index < -0.39 is 0 Å². The summed E-state index contributed by atoms with van der Waals surface area (Å²) in [5, 5.41) is 10.6. The number of nitrogens with zero attached hydrogens (tertiary/aromatic N) is 3. The van der Waals surface area contributed by atoms with Gasteiger partial charge in [-0.25, -0.2) is 0 Å². The van der Waals surface area contributed by atoms with E-state index in [0.717, 1.165) is 41.0 Å². The minimum atomic E-state index is 0.549. The van der Waals surface area contributed by atoms with Crippen LogP contribution in [0.3, 0.4) is 0 Å². The summed E-state index contributed by atoms with van der Waals surface area (Å²) in [5.74, 6) is 3.78. The van der Waals surface area contributed by atoms with E-state index in [9.17, 15) is 0 Å². The molecule has 2 aromatic carbocycles. The molecule has 1 aliphatic heterocycles. The van der Waals surface area contributed by atoms with Gasteiger partial charge in [0.2, 0.25) is 0 Å². The maximum Gasteiger partial charge on any atom is 0.191 e. The first-order chi connectivity index (χ1) is 14.3. The Kier molecular flexibility index (Phi) is 5.38. The fourth-order valence-corrected chi connectivity index (χ4v) is 4.64. The highest BCUT2D eigenvalue weighted by molar-refractivity contribution is 7.98. The molecule has 1 fully saturated rings. The van der Waals surface area contributed by atoms with E-state index in [1.807, 2.05) is 18.2 Å². The molecule has 1 saturated carbocycles. The fraction of sp³-hybridized carbons (Fsp3) is 0.364. The standard InChI is InChI=1S/C22H22ClN3O2S/c23-18-11-16(12-19-20(18)28-10-4-9-27-19)14-29-22-25-24-21(17-7-8-17)26(22)13-15-5-2-1-3-6-15/h1-3,5-6,11-12,17H,4,7-10,13-14H2. The minimum absolute atomic E-state index is 0.549. The van der Waals surface area contributed by atoms with E-state index in [4.69, 9.17) is 21.1 Å². The molecule has 2 aliphatic rings. The van der Waals surface area contributed by atoms with Crippen LogP contribution in [0, 0.1) is 0 Å². The van der Waals surface area contributed by atoms with E-state index in [1.165, 1.54) is 18.4 Å². The molecule has 0 spiro atoms. The lowest BCUT2D eigenvalue weighted by molar-refractivity contribution is 0.297. The third-order valence-corrected chi connectivity index (χ3v) is 6.42. The molecule has 0 saturated heterocycles. The monoisotopic (exact) mass is 427 g/mol. The van der Waals surface area contributed by atoms with Crippen molar-refractivity contribution in [1.29, 1.82) is 0 Å². The number of fused-ring (bicyclic) bond motifs is 1. The topological polar surface area (TPSA) is 49.2 Å². The third kappa shape index (κ3) is 4.23. The van der Waals surface area contributed by atoms with Crippen LogP contribution >= 0.6 is 23.4 Å². The molecule has 150 valence electrons. The maximum absolute atomic E-state index is 6.45. The Morgan fingerprint density at radius 3 is 2.69 bits per heavy atom. The zero-order chi connectivity index (χ0) is 19.6. The Balaban J connectivity index is 1.37. The minimum Gasteiger partial charge on any atom is -0.489 e. The number of hydrogen-bond donors (Lipinski definition) is 0. The van der Waals surface area contributed by atoms with E-state index in [0.29, 0.717) is 29.9 Å². The molecule has 0 N–H and O–H groups in total. The summed E-state index contributed by atoms with van der Waals surface area (Å²) in [6.45, 7) is 2.08. The highest BCUT2D eigenvalue weighted by Crippen LogP contribution is 2.41. The second-order valence-corrected chi connectivity index (χ2v) is 8.78. The van der Waals surface area contributed by atoms with Gasteiger partial charge in [0, 0.05) is 18.1 Å². The Bertz CT molecular complexity index is 1000. The number of benzene rings is 2. The Morgan fingerprint density at radius 2 is 1.86 bits per heavy atom. The Labute approximate surface area is 179 Å². The van der Waals surface area contributed by atoms with Gasteiger partial charge in [-0.15, -0.1) is 10.2 Å². The SMILES string of the molecule is Clc1cc(CSc2nnc(C3CC3)n2Cc2ccccc2)cc2c1OCCCO2. The second kappa shape index (κ2) is 8.28. The summed E-state index contributed by atoms with van der Waals surface area (Å²) in [6.07, 6.45) is 3.27. The summed E-state index contributed by atoms with van der Waals surface area (Å²) in [5.41, 5.74) is 2.35. The molecule has 1 aliphatic carbocycles. The summed E-state index contributed by atoms with van der Waals surface area (Å²) in [6, 6.07) is 14.5. The molecule has 1 aromatic heterocycles. The lowest BCUT2D eigenvalue weighted by Crippen LogP contribution is -2.06. The normalized spacial score (nSPS) is 15.9. The highest BCUT2D eigenvalue weighted by Gasteiger charge is 2.30. The molecule has 5 rings (SSSR count). The van der Waals surface area contributed by atoms with Crippen LogP contribution in [0.25, 0.3) is 0 Å². The molecule has 29 heavy (non-hydrogen) atoms. The van der Waals surface area contributed by atoms with Crippen molar-refractivity contribution < 1.29 is 9.47 Å². The number of aromatic nitrogens is 3. The van der Waals surface area contributed by atoms with Crippen molar-refractivity contribution in [3.63, 3.8) is 0 Å². The molecule has 0 amide bonds. The molecule has 0 atom stereocenters. The van der Waals surface area contributed by atoms with Crippen molar-refractivity contribution in [1.82, 2.24) is 14.8 Å².